The predicted molar refractivity (Wildman–Crippen MR) is 81.4 cm³/mol. The highest BCUT2D eigenvalue weighted by Gasteiger charge is 2.45. The quantitative estimate of drug-likeness (QED) is 0.839. The Bertz CT molecular complexity index is 748. The molecule has 2 aliphatic rings. The van der Waals surface area contributed by atoms with Crippen LogP contribution in [0, 0.1) is 12.8 Å². The number of pyridine rings is 1. The fourth-order valence-electron chi connectivity index (χ4n) is 3.43. The lowest BCUT2D eigenvalue weighted by Crippen LogP contribution is -2.31. The van der Waals surface area contributed by atoms with Crippen LogP contribution in [-0.4, -0.2) is 52.2 Å². The van der Waals surface area contributed by atoms with Crippen molar-refractivity contribution in [2.75, 3.05) is 20.2 Å². The number of fused-ring (bicyclic) bond motifs is 1. The van der Waals surface area contributed by atoms with E-state index in [1.54, 1.807) is 30.2 Å². The van der Waals surface area contributed by atoms with E-state index < -0.39 is 0 Å². The Kier molecular flexibility index (Phi) is 3.68. The zero-order valence-corrected chi connectivity index (χ0v) is 13.5. The van der Waals surface area contributed by atoms with E-state index in [1.807, 2.05) is 0 Å². The molecule has 2 aliphatic heterocycles. The molecule has 2 fully saturated rings. The summed E-state index contributed by atoms with van der Waals surface area (Å²) in [4.78, 5) is 22.8. The van der Waals surface area contributed by atoms with Crippen molar-refractivity contribution in [1.82, 2.24) is 20.0 Å². The summed E-state index contributed by atoms with van der Waals surface area (Å²) < 4.78 is 16.2. The summed E-state index contributed by atoms with van der Waals surface area (Å²) >= 11 is 0. The zero-order chi connectivity index (χ0) is 16.7. The molecule has 0 spiro atoms. The number of aryl methyl sites for hydroxylation is 1. The van der Waals surface area contributed by atoms with Gasteiger partial charge in [0.25, 0.3) is 5.91 Å². The van der Waals surface area contributed by atoms with E-state index in [0.29, 0.717) is 36.2 Å². The minimum absolute atomic E-state index is 0.000391. The molecular weight excluding hydrogens is 312 g/mol. The predicted octanol–water partition coefficient (Wildman–Crippen LogP) is 1.38. The number of methoxy groups -OCH3 is 1. The van der Waals surface area contributed by atoms with E-state index in [4.69, 9.17) is 14.0 Å². The highest BCUT2D eigenvalue weighted by Crippen LogP contribution is 2.40. The topological polar surface area (TPSA) is 90.6 Å². The van der Waals surface area contributed by atoms with Crippen LogP contribution in [0.15, 0.2) is 22.9 Å². The first-order chi connectivity index (χ1) is 11.7. The summed E-state index contributed by atoms with van der Waals surface area (Å²) in [5, 5.41) is 3.93. The molecule has 4 rings (SSSR count). The summed E-state index contributed by atoms with van der Waals surface area (Å²) in [6, 6.07) is 3.46. The third-order valence-electron chi connectivity index (χ3n) is 4.55. The molecule has 1 amide bonds. The van der Waals surface area contributed by atoms with Crippen molar-refractivity contribution in [3.05, 3.63) is 35.6 Å². The van der Waals surface area contributed by atoms with Crippen LogP contribution in [-0.2, 0) is 4.74 Å². The van der Waals surface area contributed by atoms with Crippen molar-refractivity contribution in [2.24, 2.45) is 5.92 Å². The molecular formula is C16H18N4O4. The van der Waals surface area contributed by atoms with Crippen LogP contribution in [0.2, 0.25) is 0 Å². The molecule has 2 aromatic rings. The second-order valence-corrected chi connectivity index (χ2v) is 6.10. The van der Waals surface area contributed by atoms with Crippen LogP contribution < -0.4 is 4.74 Å². The number of ether oxygens (including phenoxy) is 2. The van der Waals surface area contributed by atoms with E-state index in [0.717, 1.165) is 6.42 Å². The summed E-state index contributed by atoms with van der Waals surface area (Å²) in [7, 11) is 1.51. The van der Waals surface area contributed by atoms with E-state index in [9.17, 15) is 4.79 Å². The van der Waals surface area contributed by atoms with Gasteiger partial charge in [-0.05, 0) is 18.6 Å². The molecule has 126 valence electrons. The van der Waals surface area contributed by atoms with E-state index >= 15 is 0 Å². The lowest BCUT2D eigenvalue weighted by Gasteiger charge is -2.19. The first-order valence-corrected chi connectivity index (χ1v) is 7.89. The van der Waals surface area contributed by atoms with Gasteiger partial charge < -0.3 is 18.9 Å². The fraction of sp³-hybridized carbons (Fsp3) is 0.500. The number of carbonyl (C=O) groups is 1. The summed E-state index contributed by atoms with van der Waals surface area (Å²) in [6.07, 6.45) is 2.25. The number of aromatic nitrogens is 3. The molecule has 0 saturated carbocycles. The lowest BCUT2D eigenvalue weighted by atomic mass is 10.0. The van der Waals surface area contributed by atoms with Crippen LogP contribution in [0.5, 0.6) is 5.88 Å². The van der Waals surface area contributed by atoms with Crippen LogP contribution in [0.25, 0.3) is 0 Å². The average molecular weight is 330 g/mol. The smallest absolute Gasteiger partial charge is 0.259 e. The second kappa shape index (κ2) is 5.86. The van der Waals surface area contributed by atoms with Crippen molar-refractivity contribution in [3.63, 3.8) is 0 Å². The molecule has 0 unspecified atom stereocenters. The van der Waals surface area contributed by atoms with Gasteiger partial charge >= 0.3 is 0 Å². The third-order valence-corrected chi connectivity index (χ3v) is 4.55. The number of amides is 1. The fourth-order valence-corrected chi connectivity index (χ4v) is 3.43. The number of likely N-dealkylation sites (tertiary alicyclic amines) is 1. The van der Waals surface area contributed by atoms with E-state index in [2.05, 4.69) is 15.1 Å². The molecule has 4 heterocycles. The molecule has 3 atom stereocenters. The van der Waals surface area contributed by atoms with Gasteiger partial charge in [-0.15, -0.1) is 0 Å². The number of rotatable bonds is 3. The van der Waals surface area contributed by atoms with Gasteiger partial charge in [0.2, 0.25) is 17.6 Å². The van der Waals surface area contributed by atoms with Crippen molar-refractivity contribution >= 4 is 5.91 Å². The van der Waals surface area contributed by atoms with Crippen molar-refractivity contribution < 1.29 is 18.8 Å². The monoisotopic (exact) mass is 330 g/mol. The maximum absolute atomic E-state index is 12.7. The molecule has 0 aliphatic carbocycles. The number of carbonyl (C=O) groups excluding carboxylic acids is 1. The third kappa shape index (κ3) is 2.52. The standard InChI is InChI=1S/C16H18N4O4/c1-9-18-14(19-24-9)12-6-10-7-20(8-13(10)23-12)16(21)11-4-3-5-17-15(11)22-2/h3-5,10,12-13H,6-8H2,1-2H3/t10-,12-,13+/m0/s1. The number of nitrogens with zero attached hydrogens (tertiary/aromatic N) is 4. The number of hydrogen-bond acceptors (Lipinski definition) is 7. The molecule has 0 N–H and O–H groups in total. The highest BCUT2D eigenvalue weighted by atomic mass is 16.5. The van der Waals surface area contributed by atoms with Gasteiger partial charge in [0.05, 0.1) is 13.2 Å². The maximum Gasteiger partial charge on any atom is 0.259 e. The van der Waals surface area contributed by atoms with Crippen molar-refractivity contribution in [3.8, 4) is 5.88 Å². The summed E-state index contributed by atoms with van der Waals surface area (Å²) in [5.41, 5.74) is 0.477. The number of hydrogen-bond donors (Lipinski definition) is 0. The first-order valence-electron chi connectivity index (χ1n) is 7.89. The Morgan fingerprint density at radius 2 is 2.29 bits per heavy atom. The van der Waals surface area contributed by atoms with Gasteiger partial charge in [0, 0.05) is 32.1 Å². The van der Waals surface area contributed by atoms with Gasteiger partial charge in [0.1, 0.15) is 11.7 Å². The maximum atomic E-state index is 12.7. The molecule has 0 aromatic carbocycles. The van der Waals surface area contributed by atoms with Gasteiger partial charge in [-0.1, -0.05) is 5.16 Å². The van der Waals surface area contributed by atoms with Crippen LogP contribution >= 0.6 is 0 Å². The largest absolute Gasteiger partial charge is 0.480 e. The SMILES string of the molecule is COc1ncccc1C(=O)N1C[C@@H]2C[C@@H](c3noc(C)n3)O[C@@H]2C1. The van der Waals surface area contributed by atoms with Gasteiger partial charge in [0.15, 0.2) is 0 Å². The Balaban J connectivity index is 1.44. The summed E-state index contributed by atoms with van der Waals surface area (Å²) in [5.74, 6) is 1.67. The molecule has 2 aromatic heterocycles. The Morgan fingerprint density at radius 1 is 1.42 bits per heavy atom. The van der Waals surface area contributed by atoms with Crippen LogP contribution in [0.1, 0.15) is 34.6 Å². The van der Waals surface area contributed by atoms with E-state index in [-0.39, 0.29) is 24.0 Å². The molecule has 0 radical (unpaired) electrons. The molecule has 8 nitrogen and oxygen atoms in total. The molecule has 2 saturated heterocycles. The van der Waals surface area contributed by atoms with Gasteiger partial charge in [-0.2, -0.15) is 4.98 Å². The van der Waals surface area contributed by atoms with Crippen LogP contribution in [0.3, 0.4) is 0 Å². The van der Waals surface area contributed by atoms with E-state index in [1.165, 1.54) is 7.11 Å². The van der Waals surface area contributed by atoms with Crippen molar-refractivity contribution in [2.45, 2.75) is 25.6 Å². The van der Waals surface area contributed by atoms with Gasteiger partial charge in [-0.25, -0.2) is 4.98 Å². The Hall–Kier alpha value is -2.48. The van der Waals surface area contributed by atoms with Gasteiger partial charge in [-0.3, -0.25) is 4.79 Å². The first kappa shape index (κ1) is 15.1. The summed E-state index contributed by atoms with van der Waals surface area (Å²) in [6.45, 7) is 2.96. The minimum atomic E-state index is -0.150. The normalized spacial score (nSPS) is 25.8. The average Bonchev–Trinajstić information content (AvgIpc) is 3.28. The highest BCUT2D eigenvalue weighted by molar-refractivity contribution is 5.96. The molecule has 0 bridgehead atoms. The second-order valence-electron chi connectivity index (χ2n) is 6.10. The minimum Gasteiger partial charge on any atom is -0.480 e. The van der Waals surface area contributed by atoms with Crippen LogP contribution in [0.4, 0.5) is 0 Å². The Morgan fingerprint density at radius 3 is 3.00 bits per heavy atom. The Labute approximate surface area is 138 Å². The molecule has 8 heteroatoms. The lowest BCUT2D eigenvalue weighted by molar-refractivity contribution is 0.0304. The molecule has 24 heavy (non-hydrogen) atoms. The zero-order valence-electron chi connectivity index (χ0n) is 13.5. The van der Waals surface area contributed by atoms with Crippen molar-refractivity contribution in [1.29, 1.82) is 0 Å².